The number of H-pyrrole nitrogens is 1. The lowest BCUT2D eigenvalue weighted by molar-refractivity contribution is 0.0376. The molecule has 0 radical (unpaired) electrons. The van der Waals surface area contributed by atoms with Crippen LogP contribution in [0.3, 0.4) is 0 Å². The van der Waals surface area contributed by atoms with Crippen LogP contribution in [0, 0.1) is 12.7 Å². The molecule has 0 bridgehead atoms. The lowest BCUT2D eigenvalue weighted by atomic mass is 10.1. The molecule has 1 saturated heterocycles. The summed E-state index contributed by atoms with van der Waals surface area (Å²) in [6.45, 7) is 8.06. The van der Waals surface area contributed by atoms with E-state index in [2.05, 4.69) is 15.2 Å². The maximum Gasteiger partial charge on any atom is 0.253 e. The van der Waals surface area contributed by atoms with Crippen molar-refractivity contribution in [2.75, 3.05) is 39.4 Å². The quantitative estimate of drug-likeness (QED) is 0.378. The van der Waals surface area contributed by atoms with Gasteiger partial charge in [0, 0.05) is 37.3 Å². The second kappa shape index (κ2) is 11.6. The number of aryl methyl sites for hydroxylation is 1. The van der Waals surface area contributed by atoms with Gasteiger partial charge in [0.05, 0.1) is 19.8 Å². The van der Waals surface area contributed by atoms with Crippen molar-refractivity contribution in [3.05, 3.63) is 81.4 Å². The summed E-state index contributed by atoms with van der Waals surface area (Å²) >= 11 is 5.72. The Morgan fingerprint density at radius 3 is 2.68 bits per heavy atom. The van der Waals surface area contributed by atoms with Crippen molar-refractivity contribution in [1.82, 2.24) is 20.1 Å². The van der Waals surface area contributed by atoms with Crippen LogP contribution in [-0.4, -0.2) is 59.3 Å². The predicted molar refractivity (Wildman–Crippen MR) is 137 cm³/mol. The molecule has 2 aromatic carbocycles. The van der Waals surface area contributed by atoms with Gasteiger partial charge in [-0.2, -0.15) is 0 Å². The molecule has 3 aromatic rings. The summed E-state index contributed by atoms with van der Waals surface area (Å²) in [5, 5.41) is 4.91. The number of halogens is 1. The van der Waals surface area contributed by atoms with Gasteiger partial charge in [-0.25, -0.2) is 4.39 Å². The second-order valence-corrected chi connectivity index (χ2v) is 9.12. The van der Waals surface area contributed by atoms with Crippen molar-refractivity contribution in [3.8, 4) is 0 Å². The number of pyridine rings is 1. The van der Waals surface area contributed by atoms with E-state index in [0.29, 0.717) is 23.8 Å². The number of aromatic nitrogens is 1. The van der Waals surface area contributed by atoms with Gasteiger partial charge in [0.2, 0.25) is 0 Å². The molecule has 0 spiro atoms. The van der Waals surface area contributed by atoms with Crippen LogP contribution in [0.15, 0.2) is 53.3 Å². The van der Waals surface area contributed by atoms with Gasteiger partial charge >= 0.3 is 0 Å². The standard InChI is InChI=1S/C26H31FN4O2S/c1-19-3-6-21-16-22(25(32)29-24(21)15-19)18-31(17-20-4-7-23(27)8-5-20)26(34)28-9-2-10-30-11-13-33-14-12-30/h3-8,15-16H,2,9-14,17-18H2,1H3,(H,28,34)(H,29,32). The number of fused-ring (bicyclic) bond motifs is 1. The normalized spacial score (nSPS) is 14.3. The van der Waals surface area contributed by atoms with Gasteiger partial charge in [-0.15, -0.1) is 0 Å². The van der Waals surface area contributed by atoms with E-state index in [4.69, 9.17) is 17.0 Å². The van der Waals surface area contributed by atoms with Crippen LogP contribution in [0.25, 0.3) is 10.9 Å². The first-order valence-corrected chi connectivity index (χ1v) is 12.1. The first-order chi connectivity index (χ1) is 16.5. The second-order valence-electron chi connectivity index (χ2n) is 8.74. The fraction of sp³-hybridized carbons (Fsp3) is 0.385. The molecule has 1 aliphatic heterocycles. The number of aromatic amines is 1. The number of rotatable bonds is 8. The molecule has 4 rings (SSSR count). The summed E-state index contributed by atoms with van der Waals surface area (Å²) in [5.41, 5.74) is 3.35. The molecule has 1 fully saturated rings. The maximum absolute atomic E-state index is 13.4. The Morgan fingerprint density at radius 1 is 1.15 bits per heavy atom. The Bertz CT molecular complexity index is 1180. The highest BCUT2D eigenvalue weighted by molar-refractivity contribution is 7.80. The lowest BCUT2D eigenvalue weighted by Crippen LogP contribution is -2.42. The van der Waals surface area contributed by atoms with E-state index < -0.39 is 0 Å². The molecule has 0 aliphatic carbocycles. The Morgan fingerprint density at radius 2 is 1.91 bits per heavy atom. The van der Waals surface area contributed by atoms with Gasteiger partial charge in [0.15, 0.2) is 5.11 Å². The van der Waals surface area contributed by atoms with Crippen LogP contribution in [0.2, 0.25) is 0 Å². The molecule has 1 aromatic heterocycles. The minimum atomic E-state index is -0.277. The minimum absolute atomic E-state index is 0.127. The molecule has 2 N–H and O–H groups in total. The van der Waals surface area contributed by atoms with E-state index in [1.165, 1.54) is 12.1 Å². The number of ether oxygens (including phenoxy) is 1. The van der Waals surface area contributed by atoms with Crippen LogP contribution < -0.4 is 10.9 Å². The zero-order chi connectivity index (χ0) is 23.9. The third kappa shape index (κ3) is 6.62. The molecular formula is C26H31FN4O2S. The number of thiocarbonyl (C=S) groups is 1. The van der Waals surface area contributed by atoms with E-state index in [1.54, 1.807) is 12.1 Å². The number of hydrogen-bond acceptors (Lipinski definition) is 4. The van der Waals surface area contributed by atoms with Crippen LogP contribution in [0.4, 0.5) is 4.39 Å². The lowest BCUT2D eigenvalue weighted by Gasteiger charge is -2.28. The largest absolute Gasteiger partial charge is 0.379 e. The molecule has 0 unspecified atom stereocenters. The molecule has 2 heterocycles. The Hall–Kier alpha value is -2.81. The summed E-state index contributed by atoms with van der Waals surface area (Å²) in [6, 6.07) is 14.3. The maximum atomic E-state index is 13.4. The average Bonchev–Trinajstić information content (AvgIpc) is 2.84. The molecule has 8 heteroatoms. The van der Waals surface area contributed by atoms with Gasteiger partial charge in [-0.1, -0.05) is 24.3 Å². The molecule has 0 atom stereocenters. The third-order valence-corrected chi connectivity index (χ3v) is 6.45. The number of hydrogen-bond donors (Lipinski definition) is 2. The van der Waals surface area contributed by atoms with Crippen LogP contribution in [-0.2, 0) is 17.8 Å². The van der Waals surface area contributed by atoms with Crippen molar-refractivity contribution in [1.29, 1.82) is 0 Å². The number of benzene rings is 2. The summed E-state index contributed by atoms with van der Waals surface area (Å²) in [4.78, 5) is 20.2. The van der Waals surface area contributed by atoms with Crippen LogP contribution >= 0.6 is 12.2 Å². The van der Waals surface area contributed by atoms with Crippen molar-refractivity contribution < 1.29 is 9.13 Å². The van der Waals surface area contributed by atoms with Gasteiger partial charge in [0.25, 0.3) is 5.56 Å². The molecular weight excluding hydrogens is 451 g/mol. The molecule has 0 saturated carbocycles. The van der Waals surface area contributed by atoms with Crippen molar-refractivity contribution >= 4 is 28.2 Å². The summed E-state index contributed by atoms with van der Waals surface area (Å²) in [5.74, 6) is -0.277. The first-order valence-electron chi connectivity index (χ1n) is 11.7. The van der Waals surface area contributed by atoms with Crippen molar-refractivity contribution in [3.63, 3.8) is 0 Å². The van der Waals surface area contributed by atoms with E-state index in [-0.39, 0.29) is 11.4 Å². The zero-order valence-corrected chi connectivity index (χ0v) is 20.3. The van der Waals surface area contributed by atoms with E-state index in [0.717, 1.165) is 67.8 Å². The molecule has 34 heavy (non-hydrogen) atoms. The Balaban J connectivity index is 1.45. The summed E-state index contributed by atoms with van der Waals surface area (Å²) in [7, 11) is 0. The highest BCUT2D eigenvalue weighted by Crippen LogP contribution is 2.15. The number of nitrogens with one attached hydrogen (secondary N) is 2. The van der Waals surface area contributed by atoms with Crippen molar-refractivity contribution in [2.45, 2.75) is 26.4 Å². The van der Waals surface area contributed by atoms with Gasteiger partial charge in [0.1, 0.15) is 5.82 Å². The highest BCUT2D eigenvalue weighted by atomic mass is 32.1. The summed E-state index contributed by atoms with van der Waals surface area (Å²) in [6.07, 6.45) is 0.959. The topological polar surface area (TPSA) is 60.6 Å². The van der Waals surface area contributed by atoms with Crippen LogP contribution in [0.5, 0.6) is 0 Å². The van der Waals surface area contributed by atoms with Crippen molar-refractivity contribution in [2.24, 2.45) is 0 Å². The summed E-state index contributed by atoms with van der Waals surface area (Å²) < 4.78 is 18.8. The third-order valence-electron chi connectivity index (χ3n) is 6.04. The zero-order valence-electron chi connectivity index (χ0n) is 19.5. The van der Waals surface area contributed by atoms with Gasteiger partial charge in [-0.05, 0) is 72.9 Å². The highest BCUT2D eigenvalue weighted by Gasteiger charge is 2.15. The SMILES string of the molecule is Cc1ccc2cc(CN(Cc3ccc(F)cc3)C(=S)NCCCN3CCOCC3)c(=O)[nH]c2c1. The van der Waals surface area contributed by atoms with Gasteiger partial charge < -0.3 is 19.9 Å². The van der Waals surface area contributed by atoms with E-state index in [1.807, 2.05) is 36.1 Å². The van der Waals surface area contributed by atoms with E-state index in [9.17, 15) is 9.18 Å². The molecule has 6 nitrogen and oxygen atoms in total. The first kappa shape index (κ1) is 24.3. The fourth-order valence-corrected chi connectivity index (χ4v) is 4.36. The molecule has 1 aliphatic rings. The number of morpholine rings is 1. The fourth-order valence-electron chi connectivity index (χ4n) is 4.13. The van der Waals surface area contributed by atoms with Gasteiger partial charge in [-0.3, -0.25) is 9.69 Å². The number of nitrogens with zero attached hydrogens (tertiary/aromatic N) is 2. The monoisotopic (exact) mass is 482 g/mol. The smallest absolute Gasteiger partial charge is 0.253 e. The van der Waals surface area contributed by atoms with Crippen LogP contribution in [0.1, 0.15) is 23.1 Å². The molecule has 180 valence electrons. The van der Waals surface area contributed by atoms with E-state index >= 15 is 0 Å². The minimum Gasteiger partial charge on any atom is -0.379 e. The average molecular weight is 483 g/mol. The predicted octanol–water partition coefficient (Wildman–Crippen LogP) is 3.57. The molecule has 0 amide bonds. The Labute approximate surface area is 204 Å². The Kier molecular flexibility index (Phi) is 8.26.